The summed E-state index contributed by atoms with van der Waals surface area (Å²) in [7, 11) is 5.55. The van der Waals surface area contributed by atoms with Crippen molar-refractivity contribution in [3.63, 3.8) is 0 Å². The minimum absolute atomic E-state index is 0.695. The predicted octanol–water partition coefficient (Wildman–Crippen LogP) is 3.84. The molecule has 0 aromatic heterocycles. The molecule has 4 heteroatoms. The Kier molecular flexibility index (Phi) is 4.17. The maximum Gasteiger partial charge on any atom is 0.411 e. The van der Waals surface area contributed by atoms with Crippen LogP contribution in [0, 0.1) is 6.92 Å². The van der Waals surface area contributed by atoms with E-state index in [0.29, 0.717) is 5.69 Å². The third-order valence-corrected chi connectivity index (χ3v) is 3.57. The standard InChI is InChI=1S/C17H20N2O2/c1-12-6-5-7-15(19(4)17(20)21)16(12)13-8-10-14(11-9-13)18(2)3/h5-11H,1-4H3,(H,20,21). The van der Waals surface area contributed by atoms with Crippen molar-refractivity contribution in [2.75, 3.05) is 30.9 Å². The molecule has 0 unspecified atom stereocenters. The summed E-state index contributed by atoms with van der Waals surface area (Å²) in [5.74, 6) is 0. The Morgan fingerprint density at radius 3 is 2.14 bits per heavy atom. The van der Waals surface area contributed by atoms with Gasteiger partial charge in [0.25, 0.3) is 0 Å². The van der Waals surface area contributed by atoms with Gasteiger partial charge in [0.2, 0.25) is 0 Å². The van der Waals surface area contributed by atoms with E-state index in [1.165, 1.54) is 4.90 Å². The summed E-state index contributed by atoms with van der Waals surface area (Å²) in [5.41, 5.74) is 4.83. The van der Waals surface area contributed by atoms with E-state index in [1.807, 2.05) is 68.4 Å². The highest BCUT2D eigenvalue weighted by atomic mass is 16.4. The van der Waals surface area contributed by atoms with Gasteiger partial charge in [0, 0.05) is 32.4 Å². The molecule has 1 N–H and O–H groups in total. The zero-order chi connectivity index (χ0) is 15.6. The van der Waals surface area contributed by atoms with E-state index >= 15 is 0 Å². The van der Waals surface area contributed by atoms with E-state index in [4.69, 9.17) is 0 Å². The van der Waals surface area contributed by atoms with Crippen molar-refractivity contribution in [2.45, 2.75) is 6.92 Å². The van der Waals surface area contributed by atoms with E-state index in [1.54, 1.807) is 7.05 Å². The summed E-state index contributed by atoms with van der Waals surface area (Å²) in [4.78, 5) is 14.5. The van der Waals surface area contributed by atoms with Crippen molar-refractivity contribution in [1.29, 1.82) is 0 Å². The van der Waals surface area contributed by atoms with E-state index in [0.717, 1.165) is 22.4 Å². The maximum absolute atomic E-state index is 11.3. The molecule has 0 aliphatic rings. The van der Waals surface area contributed by atoms with Crippen molar-refractivity contribution in [1.82, 2.24) is 0 Å². The summed E-state index contributed by atoms with van der Waals surface area (Å²) >= 11 is 0. The molecule has 0 fully saturated rings. The van der Waals surface area contributed by atoms with Gasteiger partial charge in [-0.3, -0.25) is 4.90 Å². The van der Waals surface area contributed by atoms with Gasteiger partial charge < -0.3 is 10.0 Å². The first-order chi connectivity index (χ1) is 9.91. The van der Waals surface area contributed by atoms with Crippen LogP contribution in [0.3, 0.4) is 0 Å². The smallest absolute Gasteiger partial charge is 0.411 e. The van der Waals surface area contributed by atoms with Crippen LogP contribution in [0.4, 0.5) is 16.2 Å². The second kappa shape index (κ2) is 5.87. The van der Waals surface area contributed by atoms with Crippen LogP contribution in [0.15, 0.2) is 42.5 Å². The lowest BCUT2D eigenvalue weighted by atomic mass is 9.97. The van der Waals surface area contributed by atoms with E-state index < -0.39 is 6.09 Å². The van der Waals surface area contributed by atoms with Gasteiger partial charge in [-0.25, -0.2) is 4.79 Å². The predicted molar refractivity (Wildman–Crippen MR) is 87.4 cm³/mol. The average Bonchev–Trinajstić information content (AvgIpc) is 2.46. The lowest BCUT2D eigenvalue weighted by Gasteiger charge is -2.20. The second-order valence-electron chi connectivity index (χ2n) is 5.25. The molecule has 0 atom stereocenters. The lowest BCUT2D eigenvalue weighted by molar-refractivity contribution is 0.203. The minimum atomic E-state index is -0.966. The topological polar surface area (TPSA) is 43.8 Å². The van der Waals surface area contributed by atoms with Crippen LogP contribution in [0.5, 0.6) is 0 Å². The van der Waals surface area contributed by atoms with E-state index in [9.17, 15) is 9.90 Å². The molecule has 0 radical (unpaired) electrons. The molecule has 2 aromatic rings. The summed E-state index contributed by atoms with van der Waals surface area (Å²) in [5, 5.41) is 9.23. The Morgan fingerprint density at radius 1 is 1.00 bits per heavy atom. The van der Waals surface area contributed by atoms with Gasteiger partial charge in [-0.05, 0) is 36.2 Å². The molecular formula is C17H20N2O2. The minimum Gasteiger partial charge on any atom is -0.465 e. The SMILES string of the molecule is Cc1cccc(N(C)C(=O)O)c1-c1ccc(N(C)C)cc1. The molecule has 0 heterocycles. The number of hydrogen-bond donors (Lipinski definition) is 1. The third kappa shape index (κ3) is 2.99. The van der Waals surface area contributed by atoms with Crippen LogP contribution in [0.1, 0.15) is 5.56 Å². The molecule has 0 bridgehead atoms. The van der Waals surface area contributed by atoms with Crippen LogP contribution in [0.2, 0.25) is 0 Å². The van der Waals surface area contributed by atoms with Crippen LogP contribution in [-0.4, -0.2) is 32.3 Å². The highest BCUT2D eigenvalue weighted by Crippen LogP contribution is 2.34. The Bertz CT molecular complexity index is 648. The summed E-state index contributed by atoms with van der Waals surface area (Å²) in [6.07, 6.45) is -0.966. The number of amides is 1. The first kappa shape index (κ1) is 14.9. The fourth-order valence-electron chi connectivity index (χ4n) is 2.34. The first-order valence-electron chi connectivity index (χ1n) is 6.76. The quantitative estimate of drug-likeness (QED) is 0.931. The number of carbonyl (C=O) groups is 1. The average molecular weight is 284 g/mol. The van der Waals surface area contributed by atoms with Gasteiger partial charge >= 0.3 is 6.09 Å². The van der Waals surface area contributed by atoms with Gasteiger partial charge in [-0.2, -0.15) is 0 Å². The fourth-order valence-corrected chi connectivity index (χ4v) is 2.34. The first-order valence-corrected chi connectivity index (χ1v) is 6.76. The summed E-state index contributed by atoms with van der Waals surface area (Å²) in [6.45, 7) is 1.99. The molecule has 0 aliphatic heterocycles. The molecule has 2 aromatic carbocycles. The highest BCUT2D eigenvalue weighted by Gasteiger charge is 2.16. The van der Waals surface area contributed by atoms with E-state index in [2.05, 4.69) is 0 Å². The lowest BCUT2D eigenvalue weighted by Crippen LogP contribution is -2.24. The number of hydrogen-bond acceptors (Lipinski definition) is 2. The van der Waals surface area contributed by atoms with Gasteiger partial charge in [-0.1, -0.05) is 24.3 Å². The molecule has 0 saturated heterocycles. The molecule has 4 nitrogen and oxygen atoms in total. The maximum atomic E-state index is 11.3. The number of nitrogens with zero attached hydrogens (tertiary/aromatic N) is 2. The monoisotopic (exact) mass is 284 g/mol. The summed E-state index contributed by atoms with van der Waals surface area (Å²) < 4.78 is 0. The Morgan fingerprint density at radius 2 is 1.62 bits per heavy atom. The van der Waals surface area contributed by atoms with Gasteiger partial charge in [0.1, 0.15) is 0 Å². The molecule has 0 spiro atoms. The van der Waals surface area contributed by atoms with Gasteiger partial charge in [-0.15, -0.1) is 0 Å². The van der Waals surface area contributed by atoms with E-state index in [-0.39, 0.29) is 0 Å². The molecule has 0 aliphatic carbocycles. The Hall–Kier alpha value is -2.49. The molecule has 0 saturated carbocycles. The fraction of sp³-hybridized carbons (Fsp3) is 0.235. The number of carboxylic acid groups (broad SMARTS) is 1. The molecule has 1 amide bonds. The van der Waals surface area contributed by atoms with Crippen LogP contribution >= 0.6 is 0 Å². The number of aryl methyl sites for hydroxylation is 1. The third-order valence-electron chi connectivity index (χ3n) is 3.57. The molecule has 21 heavy (non-hydrogen) atoms. The molecule has 110 valence electrons. The zero-order valence-electron chi connectivity index (χ0n) is 12.8. The number of anilines is 2. The van der Waals surface area contributed by atoms with Crippen molar-refractivity contribution in [3.05, 3.63) is 48.0 Å². The van der Waals surface area contributed by atoms with Crippen LogP contribution < -0.4 is 9.80 Å². The van der Waals surface area contributed by atoms with Gasteiger partial charge in [0.05, 0.1) is 5.69 Å². The largest absolute Gasteiger partial charge is 0.465 e. The van der Waals surface area contributed by atoms with Crippen LogP contribution in [0.25, 0.3) is 11.1 Å². The highest BCUT2D eigenvalue weighted by molar-refractivity contribution is 5.93. The van der Waals surface area contributed by atoms with Crippen LogP contribution in [-0.2, 0) is 0 Å². The Labute approximate surface area is 125 Å². The molecule has 2 rings (SSSR count). The number of rotatable bonds is 3. The van der Waals surface area contributed by atoms with Crippen molar-refractivity contribution in [3.8, 4) is 11.1 Å². The second-order valence-corrected chi connectivity index (χ2v) is 5.25. The van der Waals surface area contributed by atoms with Gasteiger partial charge in [0.15, 0.2) is 0 Å². The normalized spacial score (nSPS) is 10.3. The number of benzene rings is 2. The van der Waals surface area contributed by atoms with Crippen molar-refractivity contribution in [2.24, 2.45) is 0 Å². The van der Waals surface area contributed by atoms with Crippen molar-refractivity contribution >= 4 is 17.5 Å². The zero-order valence-corrected chi connectivity index (χ0v) is 12.8. The Balaban J connectivity index is 2.54. The van der Waals surface area contributed by atoms with Crippen molar-refractivity contribution < 1.29 is 9.90 Å². The molecular weight excluding hydrogens is 264 g/mol. The summed E-state index contributed by atoms with van der Waals surface area (Å²) in [6, 6.07) is 13.8.